The normalized spacial score (nSPS) is 24.5. The van der Waals surface area contributed by atoms with Gasteiger partial charge in [-0.15, -0.1) is 0 Å². The van der Waals surface area contributed by atoms with Gasteiger partial charge in [0.1, 0.15) is 0 Å². The Kier molecular flexibility index (Phi) is 3.75. The van der Waals surface area contributed by atoms with Gasteiger partial charge in [0, 0.05) is 12.6 Å². The third-order valence-electron chi connectivity index (χ3n) is 2.22. The van der Waals surface area contributed by atoms with E-state index in [1.807, 2.05) is 0 Å². The van der Waals surface area contributed by atoms with Gasteiger partial charge < -0.3 is 0 Å². The van der Waals surface area contributed by atoms with E-state index in [1.165, 1.54) is 4.31 Å². The fraction of sp³-hybridized carbons (Fsp3) is 1.00. The molecule has 1 heterocycles. The molecule has 0 saturated carbocycles. The molecule has 0 N–H and O–H groups in total. The van der Waals surface area contributed by atoms with Crippen LogP contribution in [0.3, 0.4) is 0 Å². The fourth-order valence-electron chi connectivity index (χ4n) is 1.61. The van der Waals surface area contributed by atoms with Crippen molar-refractivity contribution in [3.8, 4) is 0 Å². The van der Waals surface area contributed by atoms with Crippen LogP contribution in [0.25, 0.3) is 0 Å². The van der Waals surface area contributed by atoms with Crippen LogP contribution < -0.4 is 0 Å². The molecule has 0 aromatic rings. The Morgan fingerprint density at radius 3 is 2.33 bits per heavy atom. The van der Waals surface area contributed by atoms with Crippen molar-refractivity contribution < 1.29 is 21.0 Å². The van der Waals surface area contributed by atoms with E-state index in [0.717, 1.165) is 18.9 Å². The zero-order valence-electron chi connectivity index (χ0n) is 8.71. The molecule has 0 aromatic carbocycles. The van der Waals surface area contributed by atoms with Crippen molar-refractivity contribution in [1.29, 1.82) is 0 Å². The lowest BCUT2D eigenvalue weighted by atomic mass is 10.2. The largest absolute Gasteiger partial charge is 0.269 e. The number of sulfonamides is 1. The van der Waals surface area contributed by atoms with E-state index in [1.54, 1.807) is 0 Å². The molecule has 0 amide bonds. The SMILES string of the molecule is CS(=O)(=O)OCC1CCCN1S(C)(=O)=O. The Bertz CT molecular complexity index is 413. The molecule has 1 fully saturated rings. The highest BCUT2D eigenvalue weighted by molar-refractivity contribution is 7.88. The topological polar surface area (TPSA) is 80.8 Å². The third-order valence-corrected chi connectivity index (χ3v) is 4.12. The molecule has 0 bridgehead atoms. The van der Waals surface area contributed by atoms with Gasteiger partial charge in [-0.2, -0.15) is 12.7 Å². The Balaban J connectivity index is 2.63. The summed E-state index contributed by atoms with van der Waals surface area (Å²) in [5.74, 6) is 0. The van der Waals surface area contributed by atoms with Gasteiger partial charge in [-0.1, -0.05) is 0 Å². The van der Waals surface area contributed by atoms with E-state index in [-0.39, 0.29) is 12.6 Å². The van der Waals surface area contributed by atoms with Crippen molar-refractivity contribution in [2.45, 2.75) is 18.9 Å². The molecule has 0 aliphatic carbocycles. The number of hydrogen-bond donors (Lipinski definition) is 0. The lowest BCUT2D eigenvalue weighted by molar-refractivity contribution is 0.239. The van der Waals surface area contributed by atoms with E-state index in [2.05, 4.69) is 4.18 Å². The van der Waals surface area contributed by atoms with Crippen molar-refractivity contribution in [2.24, 2.45) is 0 Å². The lowest BCUT2D eigenvalue weighted by Gasteiger charge is -2.21. The second kappa shape index (κ2) is 4.36. The summed E-state index contributed by atoms with van der Waals surface area (Å²) < 4.78 is 50.0. The maximum Gasteiger partial charge on any atom is 0.264 e. The summed E-state index contributed by atoms with van der Waals surface area (Å²) in [6.45, 7) is 0.350. The van der Waals surface area contributed by atoms with Crippen molar-refractivity contribution in [3.63, 3.8) is 0 Å². The van der Waals surface area contributed by atoms with Gasteiger partial charge in [-0.25, -0.2) is 8.42 Å². The minimum atomic E-state index is -3.50. The highest BCUT2D eigenvalue weighted by Gasteiger charge is 2.32. The van der Waals surface area contributed by atoms with Gasteiger partial charge in [-0.05, 0) is 12.8 Å². The van der Waals surface area contributed by atoms with Crippen LogP contribution in [-0.4, -0.2) is 52.8 Å². The average Bonchev–Trinajstić information content (AvgIpc) is 2.45. The summed E-state index contributed by atoms with van der Waals surface area (Å²) in [6.07, 6.45) is 3.45. The summed E-state index contributed by atoms with van der Waals surface area (Å²) in [6, 6.07) is -0.352. The van der Waals surface area contributed by atoms with Gasteiger partial charge in [0.15, 0.2) is 0 Å². The zero-order valence-corrected chi connectivity index (χ0v) is 10.3. The van der Waals surface area contributed by atoms with Crippen LogP contribution in [0.2, 0.25) is 0 Å². The van der Waals surface area contributed by atoms with E-state index < -0.39 is 20.1 Å². The van der Waals surface area contributed by atoms with Gasteiger partial charge in [-0.3, -0.25) is 4.18 Å². The fourth-order valence-corrected chi connectivity index (χ4v) is 3.19. The first kappa shape index (κ1) is 12.9. The third kappa shape index (κ3) is 4.06. The molecule has 90 valence electrons. The van der Waals surface area contributed by atoms with Gasteiger partial charge in [0.2, 0.25) is 10.0 Å². The lowest BCUT2D eigenvalue weighted by Crippen LogP contribution is -2.37. The van der Waals surface area contributed by atoms with Crippen LogP contribution in [0.15, 0.2) is 0 Å². The Hall–Kier alpha value is -0.180. The molecule has 1 aliphatic rings. The first-order valence-corrected chi connectivity index (χ1v) is 8.18. The Morgan fingerprint density at radius 2 is 1.87 bits per heavy atom. The Morgan fingerprint density at radius 1 is 1.27 bits per heavy atom. The molecule has 0 aromatic heterocycles. The predicted octanol–water partition coefficient (Wildman–Crippen LogP) is -0.613. The van der Waals surface area contributed by atoms with Crippen LogP contribution >= 0.6 is 0 Å². The molecule has 8 heteroatoms. The quantitative estimate of drug-likeness (QED) is 0.627. The average molecular weight is 257 g/mol. The maximum atomic E-state index is 11.3. The van der Waals surface area contributed by atoms with Crippen LogP contribution in [0.5, 0.6) is 0 Å². The predicted molar refractivity (Wildman–Crippen MR) is 55.4 cm³/mol. The van der Waals surface area contributed by atoms with Gasteiger partial charge >= 0.3 is 0 Å². The van der Waals surface area contributed by atoms with Gasteiger partial charge in [0.05, 0.1) is 19.1 Å². The monoisotopic (exact) mass is 257 g/mol. The van der Waals surface area contributed by atoms with Crippen LogP contribution in [0, 0.1) is 0 Å². The van der Waals surface area contributed by atoms with Crippen LogP contribution in [0.1, 0.15) is 12.8 Å². The first-order chi connectivity index (χ1) is 6.70. The molecule has 15 heavy (non-hydrogen) atoms. The molecule has 6 nitrogen and oxygen atoms in total. The highest BCUT2D eigenvalue weighted by Crippen LogP contribution is 2.20. The summed E-state index contributed by atoms with van der Waals surface area (Å²) >= 11 is 0. The van der Waals surface area contributed by atoms with E-state index in [9.17, 15) is 16.8 Å². The molecule has 1 aliphatic heterocycles. The van der Waals surface area contributed by atoms with Crippen molar-refractivity contribution >= 4 is 20.1 Å². The zero-order chi connectivity index (χ0) is 11.7. The van der Waals surface area contributed by atoms with Crippen molar-refractivity contribution in [2.75, 3.05) is 25.7 Å². The summed E-state index contributed by atoms with van der Waals surface area (Å²) in [5, 5.41) is 0. The second-order valence-electron chi connectivity index (χ2n) is 3.66. The molecular weight excluding hydrogens is 242 g/mol. The van der Waals surface area contributed by atoms with Crippen LogP contribution in [-0.2, 0) is 24.3 Å². The summed E-state index contributed by atoms with van der Waals surface area (Å²) in [4.78, 5) is 0. The number of hydrogen-bond acceptors (Lipinski definition) is 5. The molecule has 1 atom stereocenters. The van der Waals surface area contributed by atoms with Gasteiger partial charge in [0.25, 0.3) is 10.1 Å². The molecular formula is C7H15NO5S2. The number of nitrogens with zero attached hydrogens (tertiary/aromatic N) is 1. The Labute approximate surface area is 90.4 Å². The molecule has 1 saturated heterocycles. The molecule has 0 spiro atoms. The minimum absolute atomic E-state index is 0.0914. The summed E-state index contributed by atoms with van der Waals surface area (Å²) in [7, 11) is -6.76. The van der Waals surface area contributed by atoms with E-state index in [4.69, 9.17) is 0 Å². The van der Waals surface area contributed by atoms with E-state index >= 15 is 0 Å². The highest BCUT2D eigenvalue weighted by atomic mass is 32.2. The molecule has 1 rings (SSSR count). The number of rotatable bonds is 4. The molecule has 1 unspecified atom stereocenters. The second-order valence-corrected chi connectivity index (χ2v) is 7.24. The molecule has 0 radical (unpaired) electrons. The summed E-state index contributed by atoms with van der Waals surface area (Å²) in [5.41, 5.74) is 0. The smallest absolute Gasteiger partial charge is 0.264 e. The van der Waals surface area contributed by atoms with Crippen LogP contribution in [0.4, 0.5) is 0 Å². The first-order valence-electron chi connectivity index (χ1n) is 4.51. The van der Waals surface area contributed by atoms with E-state index in [0.29, 0.717) is 13.0 Å². The maximum absolute atomic E-state index is 11.3. The standard InChI is InChI=1S/C7H15NO5S2/c1-14(9,10)8-5-3-4-7(8)6-13-15(2,11)12/h7H,3-6H2,1-2H3. The van der Waals surface area contributed by atoms with Crippen molar-refractivity contribution in [1.82, 2.24) is 4.31 Å². The minimum Gasteiger partial charge on any atom is -0.269 e. The van der Waals surface area contributed by atoms with Crippen molar-refractivity contribution in [3.05, 3.63) is 0 Å².